The van der Waals surface area contributed by atoms with E-state index in [1.807, 2.05) is 0 Å². The molecule has 0 aromatic heterocycles. The first-order valence-electron chi connectivity index (χ1n) is 9.83. The van der Waals surface area contributed by atoms with Crippen LogP contribution in [0.2, 0.25) is 0 Å². The Bertz CT molecular complexity index is 792. The van der Waals surface area contributed by atoms with Crippen LogP contribution in [0.25, 0.3) is 0 Å². The number of carbonyl (C=O) groups is 1. The highest BCUT2D eigenvalue weighted by atomic mass is 17.2. The van der Waals surface area contributed by atoms with Crippen molar-refractivity contribution >= 4 is 5.78 Å². The van der Waals surface area contributed by atoms with Crippen molar-refractivity contribution in [2.45, 2.75) is 38.3 Å². The Kier molecular flexibility index (Phi) is 1.76. The highest BCUT2D eigenvalue weighted by molar-refractivity contribution is 5.98. The largest absolute Gasteiger partial charge is 0.348 e. The average Bonchev–Trinajstić information content (AvgIpc) is 3.13. The second-order valence-corrected chi connectivity index (χ2v) is 10.6. The third-order valence-corrected chi connectivity index (χ3v) is 9.60. The lowest BCUT2D eigenvalue weighted by atomic mass is 9.33. The summed E-state index contributed by atoms with van der Waals surface area (Å²) in [4.78, 5) is 25.3. The van der Waals surface area contributed by atoms with Crippen LogP contribution in [0, 0.1) is 51.8 Å². The van der Waals surface area contributed by atoms with Gasteiger partial charge in [-0.2, -0.15) is 0 Å². The monoisotopic (exact) mass is 342 g/mol. The molecule has 3 spiro atoms. The first kappa shape index (κ1) is 13.4. The second kappa shape index (κ2) is 3.28. The summed E-state index contributed by atoms with van der Waals surface area (Å²) in [5, 5.41) is 0. The molecule has 9 aliphatic rings. The summed E-state index contributed by atoms with van der Waals surface area (Å²) < 4.78 is 13.4. The van der Waals surface area contributed by atoms with Crippen molar-refractivity contribution in [3.8, 4) is 0 Å². The van der Waals surface area contributed by atoms with Gasteiger partial charge in [0.25, 0.3) is 0 Å². The van der Waals surface area contributed by atoms with Gasteiger partial charge in [0.15, 0.2) is 5.79 Å². The van der Waals surface area contributed by atoms with Crippen LogP contribution < -0.4 is 0 Å². The molecule has 5 nitrogen and oxygen atoms in total. The highest BCUT2D eigenvalue weighted by Crippen LogP contribution is 2.96. The quantitative estimate of drug-likeness (QED) is 0.496. The molecule has 3 heterocycles. The number of Topliss-reactive ketones (excluding diaryl/α,β-unsaturated/α-hetero) is 1. The van der Waals surface area contributed by atoms with Crippen molar-refractivity contribution in [3.63, 3.8) is 0 Å². The molecule has 0 unspecified atom stereocenters. The smallest absolute Gasteiger partial charge is 0.181 e. The second-order valence-electron chi connectivity index (χ2n) is 10.6. The molecule has 6 aliphatic carbocycles. The fourth-order valence-corrected chi connectivity index (χ4v) is 9.58. The lowest BCUT2D eigenvalue weighted by molar-refractivity contribution is -0.510. The zero-order valence-electron chi connectivity index (χ0n) is 14.4. The Balaban J connectivity index is 1.45. The van der Waals surface area contributed by atoms with E-state index >= 15 is 0 Å². The lowest BCUT2D eigenvalue weighted by Gasteiger charge is -2.75. The van der Waals surface area contributed by atoms with Crippen LogP contribution in [-0.2, 0) is 24.0 Å². The average molecular weight is 342 g/mol. The van der Waals surface area contributed by atoms with Crippen LogP contribution in [0.4, 0.5) is 0 Å². The number of hydrogen-bond donors (Lipinski definition) is 0. The van der Waals surface area contributed by atoms with E-state index in [2.05, 4.69) is 26.0 Å². The zero-order chi connectivity index (χ0) is 16.6. The molecular weight excluding hydrogens is 320 g/mol. The van der Waals surface area contributed by atoms with Gasteiger partial charge in [-0.15, -0.1) is 0 Å². The molecule has 10 atom stereocenters. The zero-order valence-corrected chi connectivity index (χ0v) is 14.4. The van der Waals surface area contributed by atoms with E-state index in [4.69, 9.17) is 19.2 Å². The predicted molar refractivity (Wildman–Crippen MR) is 82.7 cm³/mol. The molecular formula is C20H22O5. The van der Waals surface area contributed by atoms with Crippen molar-refractivity contribution in [3.05, 3.63) is 12.2 Å². The molecule has 3 aliphatic heterocycles. The molecule has 5 heteroatoms. The van der Waals surface area contributed by atoms with Crippen LogP contribution in [0.15, 0.2) is 12.2 Å². The van der Waals surface area contributed by atoms with Crippen molar-refractivity contribution < 1.29 is 24.0 Å². The first-order valence-corrected chi connectivity index (χ1v) is 9.83. The van der Waals surface area contributed by atoms with E-state index in [-0.39, 0.29) is 34.9 Å². The fraction of sp³-hybridized carbons (Fsp3) is 0.850. The Morgan fingerprint density at radius 1 is 0.960 bits per heavy atom. The van der Waals surface area contributed by atoms with Crippen LogP contribution in [0.1, 0.15) is 20.3 Å². The van der Waals surface area contributed by atoms with E-state index in [1.165, 1.54) is 6.42 Å². The lowest BCUT2D eigenvalue weighted by Crippen LogP contribution is -2.85. The van der Waals surface area contributed by atoms with Gasteiger partial charge in [0.05, 0.1) is 24.0 Å². The van der Waals surface area contributed by atoms with Gasteiger partial charge < -0.3 is 9.47 Å². The van der Waals surface area contributed by atoms with Crippen LogP contribution in [0.3, 0.4) is 0 Å². The van der Waals surface area contributed by atoms with Crippen molar-refractivity contribution in [1.82, 2.24) is 0 Å². The summed E-state index contributed by atoms with van der Waals surface area (Å²) in [5.74, 6) is 2.23. The van der Waals surface area contributed by atoms with Crippen LogP contribution >= 0.6 is 0 Å². The molecule has 5 saturated carbocycles. The molecule has 4 bridgehead atoms. The number of ketones is 1. The van der Waals surface area contributed by atoms with Gasteiger partial charge in [-0.3, -0.25) is 4.79 Å². The molecule has 7 fully saturated rings. The number of hydrogen-bond acceptors (Lipinski definition) is 5. The van der Waals surface area contributed by atoms with Gasteiger partial charge in [0, 0.05) is 17.3 Å². The maximum Gasteiger partial charge on any atom is 0.181 e. The maximum atomic E-state index is 13.7. The van der Waals surface area contributed by atoms with Gasteiger partial charge in [0.1, 0.15) is 18.0 Å². The van der Waals surface area contributed by atoms with Crippen molar-refractivity contribution in [1.29, 1.82) is 0 Å². The highest BCUT2D eigenvalue weighted by Gasteiger charge is 3.04. The summed E-state index contributed by atoms with van der Waals surface area (Å²) in [6, 6.07) is 0. The Labute approximate surface area is 145 Å². The summed E-state index contributed by atoms with van der Waals surface area (Å²) in [5.41, 5.74) is -0.784. The Morgan fingerprint density at radius 3 is 2.40 bits per heavy atom. The summed E-state index contributed by atoms with van der Waals surface area (Å²) in [7, 11) is 0. The van der Waals surface area contributed by atoms with E-state index in [0.717, 1.165) is 0 Å². The minimum atomic E-state index is -0.643. The molecule has 2 saturated heterocycles. The minimum Gasteiger partial charge on any atom is -0.348 e. The summed E-state index contributed by atoms with van der Waals surface area (Å²) in [6.45, 7) is 5.77. The van der Waals surface area contributed by atoms with Gasteiger partial charge in [0.2, 0.25) is 0 Å². The molecule has 0 N–H and O–H groups in total. The van der Waals surface area contributed by atoms with Gasteiger partial charge >= 0.3 is 0 Å². The summed E-state index contributed by atoms with van der Waals surface area (Å²) >= 11 is 0. The van der Waals surface area contributed by atoms with Gasteiger partial charge in [-0.25, -0.2) is 9.78 Å². The predicted octanol–water partition coefficient (Wildman–Crippen LogP) is 1.72. The topological polar surface area (TPSA) is 54.0 Å². The molecule has 0 radical (unpaired) electrons. The van der Waals surface area contributed by atoms with Crippen LogP contribution in [0.5, 0.6) is 0 Å². The number of ether oxygens (including phenoxy) is 2. The van der Waals surface area contributed by atoms with Crippen LogP contribution in [-0.4, -0.2) is 37.0 Å². The molecule has 0 aromatic rings. The molecule has 9 rings (SSSR count). The number of carbonyl (C=O) groups excluding carboxylic acids is 1. The third-order valence-electron chi connectivity index (χ3n) is 9.60. The third kappa shape index (κ3) is 0.880. The first-order chi connectivity index (χ1) is 12.0. The Morgan fingerprint density at radius 2 is 1.68 bits per heavy atom. The standard InChI is InChI=1S/C20H22O5/c1-17(2)6-22-20(23-7-17)13-9-5-8-12(13)16(21)18-10-3-4-11(25-24-10)19(18,20)15(9)14(8)18/h3-4,8-15H,5-7H2,1-2H3/t8-,9+,10+,11-,12-,13+,14+,15-,18-,19-/m0/s1. The van der Waals surface area contributed by atoms with E-state index in [0.29, 0.717) is 42.7 Å². The number of rotatable bonds is 0. The Hall–Kier alpha value is -0.750. The van der Waals surface area contributed by atoms with Gasteiger partial charge in [-0.1, -0.05) is 26.0 Å². The SMILES string of the molecule is CC1(C)COC2(OC1)[C@@H]1[C@H]3C[C@H]4[C@@H]1C(=O)[C@]15[C@H]4[C@H]3[C@]21[C@@H]1C=C[C@H]5OO1. The van der Waals surface area contributed by atoms with E-state index in [9.17, 15) is 4.79 Å². The summed E-state index contributed by atoms with van der Waals surface area (Å²) in [6.07, 6.45) is 4.92. The normalized spacial score (nSPS) is 67.4. The minimum absolute atomic E-state index is 0.0208. The maximum absolute atomic E-state index is 13.7. The van der Waals surface area contributed by atoms with Crippen molar-refractivity contribution in [2.75, 3.05) is 13.2 Å². The van der Waals surface area contributed by atoms with Gasteiger partial charge in [-0.05, 0) is 30.1 Å². The van der Waals surface area contributed by atoms with Crippen molar-refractivity contribution in [2.24, 2.45) is 51.8 Å². The molecule has 25 heavy (non-hydrogen) atoms. The molecule has 0 amide bonds. The molecule has 0 aromatic carbocycles. The van der Waals surface area contributed by atoms with E-state index in [1.54, 1.807) is 0 Å². The molecule has 132 valence electrons. The number of fused-ring (bicyclic) bond motifs is 3. The fourth-order valence-electron chi connectivity index (χ4n) is 9.58. The van der Waals surface area contributed by atoms with E-state index < -0.39 is 11.2 Å².